The molecule has 2 rings (SSSR count). The van der Waals surface area contributed by atoms with Crippen LogP contribution in [0.1, 0.15) is 24.9 Å². The predicted molar refractivity (Wildman–Crippen MR) is 57.7 cm³/mol. The molecule has 1 amide bonds. The lowest BCUT2D eigenvalue weighted by atomic mass is 10.0. The molecule has 3 nitrogen and oxygen atoms in total. The van der Waals surface area contributed by atoms with Crippen molar-refractivity contribution in [3.05, 3.63) is 29.3 Å². The zero-order valence-corrected chi connectivity index (χ0v) is 9.45. The third-order valence-electron chi connectivity index (χ3n) is 2.96. The van der Waals surface area contributed by atoms with Gasteiger partial charge in [-0.25, -0.2) is 4.39 Å². The molecule has 0 fully saturated rings. The molecule has 0 radical (unpaired) electrons. The summed E-state index contributed by atoms with van der Waals surface area (Å²) < 4.78 is 31.9. The van der Waals surface area contributed by atoms with Crippen molar-refractivity contribution in [2.24, 2.45) is 0 Å². The molecule has 17 heavy (non-hydrogen) atoms. The zero-order chi connectivity index (χ0) is 12.4. The average Bonchev–Trinajstić information content (AvgIpc) is 2.52. The topological polar surface area (TPSA) is 29.5 Å². The van der Waals surface area contributed by atoms with Crippen molar-refractivity contribution in [1.29, 1.82) is 0 Å². The fraction of sp³-hybridized carbons (Fsp3) is 0.417. The first-order chi connectivity index (χ1) is 8.19. The van der Waals surface area contributed by atoms with Crippen molar-refractivity contribution in [3.8, 4) is 5.75 Å². The summed E-state index contributed by atoms with van der Waals surface area (Å²) in [5.41, 5.74) is 0.524. The number of rotatable bonds is 2. The van der Waals surface area contributed by atoms with E-state index in [4.69, 9.17) is 4.74 Å². The molecule has 0 N–H and O–H groups in total. The highest BCUT2D eigenvalue weighted by Gasteiger charge is 2.27. The predicted octanol–water partition coefficient (Wildman–Crippen LogP) is 2.27. The number of hydrogen-bond donors (Lipinski definition) is 0. The maximum absolute atomic E-state index is 13.6. The number of hydrogen-bond acceptors (Lipinski definition) is 2. The summed E-state index contributed by atoms with van der Waals surface area (Å²) in [4.78, 5) is 12.5. The monoisotopic (exact) mass is 241 g/mol. The van der Waals surface area contributed by atoms with Gasteiger partial charge in [-0.3, -0.25) is 4.79 Å². The second-order valence-corrected chi connectivity index (χ2v) is 3.90. The molecule has 0 saturated carbocycles. The lowest BCUT2D eigenvalue weighted by Crippen LogP contribution is -2.28. The van der Waals surface area contributed by atoms with Gasteiger partial charge in [-0.05, 0) is 12.5 Å². The maximum atomic E-state index is 13.6. The summed E-state index contributed by atoms with van der Waals surface area (Å²) in [5.74, 6) is -1.98. The van der Waals surface area contributed by atoms with Gasteiger partial charge in [0, 0.05) is 5.56 Å². The Balaban J connectivity index is 2.53. The molecule has 1 aliphatic rings. The van der Waals surface area contributed by atoms with Crippen molar-refractivity contribution >= 4 is 6.41 Å². The second kappa shape index (κ2) is 4.69. The first-order valence-corrected chi connectivity index (χ1v) is 5.50. The molecule has 1 unspecified atom stereocenters. The van der Waals surface area contributed by atoms with Crippen molar-refractivity contribution in [2.45, 2.75) is 19.4 Å². The lowest BCUT2D eigenvalue weighted by Gasteiger charge is -2.24. The molecule has 5 heteroatoms. The van der Waals surface area contributed by atoms with Crippen LogP contribution in [0.3, 0.4) is 0 Å². The first kappa shape index (κ1) is 11.8. The van der Waals surface area contributed by atoms with E-state index in [1.165, 1.54) is 6.07 Å². The van der Waals surface area contributed by atoms with Crippen molar-refractivity contribution in [2.75, 3.05) is 13.2 Å². The fourth-order valence-electron chi connectivity index (χ4n) is 2.12. The van der Waals surface area contributed by atoms with Crippen LogP contribution in [0.5, 0.6) is 5.75 Å². The van der Waals surface area contributed by atoms with E-state index in [1.807, 2.05) is 6.92 Å². The molecule has 1 heterocycles. The number of carbonyl (C=O) groups is 1. The minimum Gasteiger partial charge on any atom is -0.488 e. The van der Waals surface area contributed by atoms with Crippen molar-refractivity contribution < 1.29 is 18.3 Å². The van der Waals surface area contributed by atoms with E-state index < -0.39 is 11.6 Å². The molecule has 1 aromatic carbocycles. The Bertz CT molecular complexity index is 437. The third-order valence-corrected chi connectivity index (χ3v) is 2.96. The number of halogens is 2. The van der Waals surface area contributed by atoms with E-state index in [2.05, 4.69) is 0 Å². The Morgan fingerprint density at radius 1 is 1.53 bits per heavy atom. The average molecular weight is 241 g/mol. The lowest BCUT2D eigenvalue weighted by molar-refractivity contribution is -0.120. The first-order valence-electron chi connectivity index (χ1n) is 5.50. The van der Waals surface area contributed by atoms with E-state index in [0.717, 1.165) is 6.07 Å². The Morgan fingerprint density at radius 2 is 2.29 bits per heavy atom. The third kappa shape index (κ3) is 1.97. The molecule has 0 bridgehead atoms. The zero-order valence-electron chi connectivity index (χ0n) is 9.45. The van der Waals surface area contributed by atoms with Gasteiger partial charge in [0.15, 0.2) is 11.6 Å². The normalized spacial score (nSPS) is 19.2. The van der Waals surface area contributed by atoms with E-state index in [9.17, 15) is 13.6 Å². The largest absolute Gasteiger partial charge is 0.488 e. The smallest absolute Gasteiger partial charge is 0.210 e. The molecule has 0 spiro atoms. The summed E-state index contributed by atoms with van der Waals surface area (Å²) in [6.45, 7) is 2.43. The van der Waals surface area contributed by atoms with Crippen LogP contribution in [-0.2, 0) is 4.79 Å². The van der Waals surface area contributed by atoms with E-state index in [0.29, 0.717) is 24.9 Å². The van der Waals surface area contributed by atoms with Gasteiger partial charge in [0.1, 0.15) is 6.61 Å². The van der Waals surface area contributed by atoms with Crippen LogP contribution < -0.4 is 4.74 Å². The van der Waals surface area contributed by atoms with Gasteiger partial charge >= 0.3 is 0 Å². The van der Waals surface area contributed by atoms with Crippen molar-refractivity contribution in [1.82, 2.24) is 4.90 Å². The fourth-order valence-corrected chi connectivity index (χ4v) is 2.12. The summed E-state index contributed by atoms with van der Waals surface area (Å²) in [7, 11) is 0. The summed E-state index contributed by atoms with van der Waals surface area (Å²) in [6.07, 6.45) is 1.34. The van der Waals surface area contributed by atoms with Crippen LogP contribution in [0.25, 0.3) is 0 Å². The molecular weight excluding hydrogens is 228 g/mol. The summed E-state index contributed by atoms with van der Waals surface area (Å²) in [5, 5.41) is 0. The van der Waals surface area contributed by atoms with Crippen LogP contribution in [-0.4, -0.2) is 24.5 Å². The molecule has 0 aromatic heterocycles. The van der Waals surface area contributed by atoms with Gasteiger partial charge in [-0.1, -0.05) is 13.0 Å². The number of amides is 1. The SMILES string of the molecule is CCC1c2ccc(F)c(F)c2OCCN1C=O. The molecule has 92 valence electrons. The van der Waals surface area contributed by atoms with Crippen LogP contribution in [0.2, 0.25) is 0 Å². The molecule has 1 aliphatic heterocycles. The summed E-state index contributed by atoms with van der Waals surface area (Å²) in [6, 6.07) is 2.28. The van der Waals surface area contributed by atoms with Crippen LogP contribution in [0.15, 0.2) is 12.1 Å². The minimum atomic E-state index is -0.978. The number of carbonyl (C=O) groups excluding carboxylic acids is 1. The Kier molecular flexibility index (Phi) is 3.26. The number of benzene rings is 1. The number of ether oxygens (including phenoxy) is 1. The van der Waals surface area contributed by atoms with Crippen LogP contribution in [0.4, 0.5) is 8.78 Å². The van der Waals surface area contributed by atoms with Gasteiger partial charge in [0.2, 0.25) is 12.2 Å². The Labute approximate surface area is 98.0 Å². The highest BCUT2D eigenvalue weighted by Crippen LogP contribution is 2.36. The number of fused-ring (bicyclic) bond motifs is 1. The van der Waals surface area contributed by atoms with Crippen LogP contribution >= 0.6 is 0 Å². The molecule has 0 saturated heterocycles. The van der Waals surface area contributed by atoms with Gasteiger partial charge in [-0.2, -0.15) is 4.39 Å². The summed E-state index contributed by atoms with van der Waals surface area (Å²) >= 11 is 0. The van der Waals surface area contributed by atoms with Crippen LogP contribution in [0, 0.1) is 11.6 Å². The van der Waals surface area contributed by atoms with E-state index >= 15 is 0 Å². The maximum Gasteiger partial charge on any atom is 0.210 e. The molecule has 1 aromatic rings. The quantitative estimate of drug-likeness (QED) is 0.743. The van der Waals surface area contributed by atoms with Gasteiger partial charge in [-0.15, -0.1) is 0 Å². The second-order valence-electron chi connectivity index (χ2n) is 3.90. The van der Waals surface area contributed by atoms with Gasteiger partial charge < -0.3 is 9.64 Å². The Hall–Kier alpha value is -1.65. The molecule has 1 atom stereocenters. The van der Waals surface area contributed by atoms with Crippen molar-refractivity contribution in [3.63, 3.8) is 0 Å². The Morgan fingerprint density at radius 3 is 2.94 bits per heavy atom. The minimum absolute atomic E-state index is 0.0683. The molecular formula is C12H13F2NO2. The van der Waals surface area contributed by atoms with E-state index in [1.54, 1.807) is 4.90 Å². The highest BCUT2D eigenvalue weighted by atomic mass is 19.2. The van der Waals surface area contributed by atoms with Gasteiger partial charge in [0.05, 0.1) is 12.6 Å². The standard InChI is InChI=1S/C12H13F2NO2/c1-2-10-8-3-4-9(13)11(14)12(8)17-6-5-15(10)7-16/h3-4,7,10H,2,5-6H2,1H3. The number of nitrogens with zero attached hydrogens (tertiary/aromatic N) is 1. The molecule has 0 aliphatic carbocycles. The van der Waals surface area contributed by atoms with Gasteiger partial charge in [0.25, 0.3) is 0 Å². The van der Waals surface area contributed by atoms with E-state index in [-0.39, 0.29) is 18.4 Å². The highest BCUT2D eigenvalue weighted by molar-refractivity contribution is 5.51.